The fraction of sp³-hybridized carbons (Fsp3) is 0.100. The molecule has 0 amide bonds. The average Bonchev–Trinajstić information content (AvgIpc) is 2.60. The summed E-state index contributed by atoms with van der Waals surface area (Å²) in [6.45, 7) is 1.68. The summed E-state index contributed by atoms with van der Waals surface area (Å²) in [6.07, 6.45) is 2.48. The molecule has 2 aromatic rings. The number of carboxylic acid groups (broad SMARTS) is 1. The Morgan fingerprint density at radius 2 is 2.19 bits per heavy atom. The maximum absolute atomic E-state index is 12.9. The molecule has 2 heterocycles. The van der Waals surface area contributed by atoms with E-state index in [4.69, 9.17) is 5.11 Å². The Bertz CT molecular complexity index is 551. The highest BCUT2D eigenvalue weighted by Gasteiger charge is 2.12. The number of carboxylic acids is 1. The summed E-state index contributed by atoms with van der Waals surface area (Å²) >= 11 is 0. The minimum Gasteiger partial charge on any atom is -0.476 e. The molecule has 0 aliphatic rings. The molecule has 0 unspecified atom stereocenters. The Kier molecular flexibility index (Phi) is 2.40. The lowest BCUT2D eigenvalue weighted by Gasteiger charge is -2.02. The van der Waals surface area contributed by atoms with Crippen molar-refractivity contribution in [3.8, 4) is 5.69 Å². The van der Waals surface area contributed by atoms with Gasteiger partial charge in [0.2, 0.25) is 0 Å². The van der Waals surface area contributed by atoms with Crippen LogP contribution in [0.4, 0.5) is 4.39 Å². The zero-order valence-corrected chi connectivity index (χ0v) is 8.38. The molecule has 0 aliphatic carbocycles. The summed E-state index contributed by atoms with van der Waals surface area (Å²) in [6, 6.07) is 2.64. The first-order chi connectivity index (χ1) is 7.58. The van der Waals surface area contributed by atoms with Crippen LogP contribution in [-0.2, 0) is 0 Å². The molecule has 82 valence electrons. The third-order valence-corrected chi connectivity index (χ3v) is 2.04. The molecule has 1 N–H and O–H groups in total. The molecular formula is C10H8FN3O2. The quantitative estimate of drug-likeness (QED) is 0.832. The highest BCUT2D eigenvalue weighted by Crippen LogP contribution is 2.12. The molecule has 6 heteroatoms. The van der Waals surface area contributed by atoms with Crippen molar-refractivity contribution in [1.29, 1.82) is 0 Å². The Labute approximate surface area is 90.2 Å². The van der Waals surface area contributed by atoms with Crippen molar-refractivity contribution in [3.05, 3.63) is 41.7 Å². The molecule has 0 spiro atoms. The lowest BCUT2D eigenvalue weighted by atomic mass is 10.3. The third kappa shape index (κ3) is 1.77. The zero-order valence-electron chi connectivity index (χ0n) is 8.38. The minimum absolute atomic E-state index is 0.0817. The van der Waals surface area contributed by atoms with Crippen molar-refractivity contribution in [2.24, 2.45) is 0 Å². The van der Waals surface area contributed by atoms with E-state index >= 15 is 0 Å². The Hall–Kier alpha value is -2.24. The van der Waals surface area contributed by atoms with Gasteiger partial charge in [0, 0.05) is 11.8 Å². The van der Waals surface area contributed by atoms with Gasteiger partial charge in [0.1, 0.15) is 5.82 Å². The number of hydrogen-bond donors (Lipinski definition) is 1. The van der Waals surface area contributed by atoms with E-state index < -0.39 is 11.8 Å². The van der Waals surface area contributed by atoms with E-state index in [1.165, 1.54) is 23.0 Å². The smallest absolute Gasteiger partial charge is 0.356 e. The molecule has 0 saturated heterocycles. The van der Waals surface area contributed by atoms with Gasteiger partial charge in [-0.15, -0.1) is 0 Å². The highest BCUT2D eigenvalue weighted by atomic mass is 19.1. The number of aromatic nitrogens is 3. The van der Waals surface area contributed by atoms with E-state index in [0.29, 0.717) is 11.4 Å². The molecule has 16 heavy (non-hydrogen) atoms. The normalized spacial score (nSPS) is 10.4. The SMILES string of the molecule is Cc1cc(C(=O)O)nn1-c1cncc(F)c1. The number of pyridine rings is 1. The molecule has 2 aromatic heterocycles. The first-order valence-corrected chi connectivity index (χ1v) is 4.49. The standard InChI is InChI=1S/C10H8FN3O2/c1-6-2-9(10(15)16)13-14(6)8-3-7(11)4-12-5-8/h2-5H,1H3,(H,15,16). The van der Waals surface area contributed by atoms with Crippen molar-refractivity contribution in [2.75, 3.05) is 0 Å². The van der Waals surface area contributed by atoms with E-state index in [9.17, 15) is 9.18 Å². The second-order valence-corrected chi connectivity index (χ2v) is 3.25. The number of carbonyl (C=O) groups is 1. The molecule has 5 nitrogen and oxygen atoms in total. The number of hydrogen-bond acceptors (Lipinski definition) is 3. The lowest BCUT2D eigenvalue weighted by Crippen LogP contribution is -2.03. The van der Waals surface area contributed by atoms with E-state index in [1.54, 1.807) is 6.92 Å². The molecular weight excluding hydrogens is 213 g/mol. The maximum atomic E-state index is 12.9. The van der Waals surface area contributed by atoms with Gasteiger partial charge in [-0.25, -0.2) is 13.9 Å². The second-order valence-electron chi connectivity index (χ2n) is 3.25. The van der Waals surface area contributed by atoms with Crippen LogP contribution < -0.4 is 0 Å². The zero-order chi connectivity index (χ0) is 11.7. The van der Waals surface area contributed by atoms with E-state index in [-0.39, 0.29) is 5.69 Å². The Balaban J connectivity index is 2.52. The Morgan fingerprint density at radius 3 is 2.75 bits per heavy atom. The van der Waals surface area contributed by atoms with E-state index in [2.05, 4.69) is 10.1 Å². The van der Waals surface area contributed by atoms with Crippen LogP contribution in [0.25, 0.3) is 5.69 Å². The summed E-state index contributed by atoms with van der Waals surface area (Å²) in [5, 5.41) is 12.6. The van der Waals surface area contributed by atoms with Gasteiger partial charge in [0.25, 0.3) is 0 Å². The lowest BCUT2D eigenvalue weighted by molar-refractivity contribution is 0.0690. The predicted octanol–water partition coefficient (Wildman–Crippen LogP) is 1.41. The molecule has 0 aliphatic heterocycles. The maximum Gasteiger partial charge on any atom is 0.356 e. The van der Waals surface area contributed by atoms with Crippen molar-refractivity contribution in [2.45, 2.75) is 6.92 Å². The number of aryl methyl sites for hydroxylation is 1. The summed E-state index contributed by atoms with van der Waals surface area (Å²) in [4.78, 5) is 14.4. The van der Waals surface area contributed by atoms with Crippen LogP contribution in [0.1, 0.15) is 16.2 Å². The highest BCUT2D eigenvalue weighted by molar-refractivity contribution is 5.85. The average molecular weight is 221 g/mol. The summed E-state index contributed by atoms with van der Waals surface area (Å²) < 4.78 is 14.3. The predicted molar refractivity (Wildman–Crippen MR) is 53.0 cm³/mol. The topological polar surface area (TPSA) is 68.0 Å². The van der Waals surface area contributed by atoms with E-state index in [1.807, 2.05) is 0 Å². The van der Waals surface area contributed by atoms with Gasteiger partial charge in [-0.3, -0.25) is 4.98 Å². The molecule has 0 saturated carbocycles. The van der Waals surface area contributed by atoms with Gasteiger partial charge < -0.3 is 5.11 Å². The number of halogens is 1. The second kappa shape index (κ2) is 3.73. The van der Waals surface area contributed by atoms with Crippen LogP contribution in [-0.4, -0.2) is 25.8 Å². The van der Waals surface area contributed by atoms with Gasteiger partial charge in [-0.1, -0.05) is 0 Å². The van der Waals surface area contributed by atoms with Crippen LogP contribution in [0.2, 0.25) is 0 Å². The van der Waals surface area contributed by atoms with Gasteiger partial charge in [0.15, 0.2) is 5.69 Å². The van der Waals surface area contributed by atoms with Gasteiger partial charge in [0.05, 0.1) is 18.1 Å². The first-order valence-electron chi connectivity index (χ1n) is 4.49. The number of aromatic carboxylic acids is 1. The van der Waals surface area contributed by atoms with Crippen molar-refractivity contribution >= 4 is 5.97 Å². The van der Waals surface area contributed by atoms with Gasteiger partial charge in [-0.05, 0) is 13.0 Å². The fourth-order valence-corrected chi connectivity index (χ4v) is 1.36. The van der Waals surface area contributed by atoms with Gasteiger partial charge in [-0.2, -0.15) is 5.10 Å². The summed E-state index contributed by atoms with van der Waals surface area (Å²) in [7, 11) is 0. The molecule has 0 radical (unpaired) electrons. The molecule has 0 bridgehead atoms. The molecule has 0 fully saturated rings. The van der Waals surface area contributed by atoms with Crippen molar-refractivity contribution < 1.29 is 14.3 Å². The third-order valence-electron chi connectivity index (χ3n) is 2.04. The fourth-order valence-electron chi connectivity index (χ4n) is 1.36. The molecule has 0 atom stereocenters. The monoisotopic (exact) mass is 221 g/mol. The largest absolute Gasteiger partial charge is 0.476 e. The molecule has 2 rings (SSSR count). The summed E-state index contributed by atoms with van der Waals surface area (Å²) in [5.41, 5.74) is 0.913. The molecule has 0 aromatic carbocycles. The van der Waals surface area contributed by atoms with Crippen molar-refractivity contribution in [3.63, 3.8) is 0 Å². The van der Waals surface area contributed by atoms with Crippen molar-refractivity contribution in [1.82, 2.24) is 14.8 Å². The number of rotatable bonds is 2. The first kappa shape index (κ1) is 10.3. The number of nitrogens with zero attached hydrogens (tertiary/aromatic N) is 3. The van der Waals surface area contributed by atoms with Crippen LogP contribution in [0, 0.1) is 12.7 Å². The van der Waals surface area contributed by atoms with Crippen LogP contribution in [0.5, 0.6) is 0 Å². The van der Waals surface area contributed by atoms with Crippen LogP contribution in [0.15, 0.2) is 24.5 Å². The Morgan fingerprint density at radius 1 is 1.44 bits per heavy atom. The van der Waals surface area contributed by atoms with Crippen LogP contribution >= 0.6 is 0 Å². The summed E-state index contributed by atoms with van der Waals surface area (Å²) in [5.74, 6) is -1.62. The van der Waals surface area contributed by atoms with E-state index in [0.717, 1.165) is 6.20 Å². The minimum atomic E-state index is -1.12. The van der Waals surface area contributed by atoms with Gasteiger partial charge >= 0.3 is 5.97 Å². The van der Waals surface area contributed by atoms with Crippen LogP contribution in [0.3, 0.4) is 0 Å².